The molecule has 0 N–H and O–H groups in total. The lowest BCUT2D eigenvalue weighted by atomic mass is 10.1. The Hall–Kier alpha value is -1.03. The van der Waals surface area contributed by atoms with Crippen LogP contribution in [0, 0.1) is 0 Å². The summed E-state index contributed by atoms with van der Waals surface area (Å²) in [4.78, 5) is 4.38. The van der Waals surface area contributed by atoms with Gasteiger partial charge >= 0.3 is 0 Å². The summed E-state index contributed by atoms with van der Waals surface area (Å²) in [5, 5.41) is 0. The Balaban J connectivity index is 2.87. The Labute approximate surface area is 112 Å². The zero-order valence-corrected chi connectivity index (χ0v) is 12.7. The normalized spacial score (nSPS) is 14.6. The summed E-state index contributed by atoms with van der Waals surface area (Å²) in [6.07, 6.45) is 3.89. The molecule has 3 nitrogen and oxygen atoms in total. The molecule has 0 aromatic carbocycles. The van der Waals surface area contributed by atoms with E-state index in [1.807, 2.05) is 46.0 Å². The smallest absolute Gasteiger partial charge is 0.145 e. The Morgan fingerprint density at radius 1 is 1.39 bits per heavy atom. The quantitative estimate of drug-likeness (QED) is 0.785. The van der Waals surface area contributed by atoms with Crippen LogP contribution in [-0.4, -0.2) is 19.7 Å². The summed E-state index contributed by atoms with van der Waals surface area (Å²) in [6, 6.07) is 4.01. The SMILES string of the molecule is CCCc1ccc(C(C)=NS(=O)C(C)(C)C)cn1. The Bertz CT molecular complexity index is 444. The zero-order valence-electron chi connectivity index (χ0n) is 11.9. The van der Waals surface area contributed by atoms with Gasteiger partial charge in [-0.2, -0.15) is 4.40 Å². The van der Waals surface area contributed by atoms with Crippen LogP contribution in [0.4, 0.5) is 0 Å². The maximum atomic E-state index is 11.9. The number of aryl methyl sites for hydroxylation is 1. The van der Waals surface area contributed by atoms with E-state index in [0.717, 1.165) is 29.8 Å². The van der Waals surface area contributed by atoms with Gasteiger partial charge in [-0.25, -0.2) is 4.21 Å². The standard InChI is InChI=1S/C14H22N2OS/c1-6-7-13-9-8-12(10-15-13)11(2)16-18(17)14(3,4)5/h8-10H,6-7H2,1-5H3. The molecule has 0 saturated carbocycles. The summed E-state index contributed by atoms with van der Waals surface area (Å²) in [6.45, 7) is 9.77. The highest BCUT2D eigenvalue weighted by atomic mass is 32.2. The first-order valence-corrected chi connectivity index (χ1v) is 7.38. The molecule has 0 radical (unpaired) electrons. The number of aromatic nitrogens is 1. The molecule has 1 atom stereocenters. The molecule has 0 amide bonds. The third kappa shape index (κ3) is 4.33. The summed E-state index contributed by atoms with van der Waals surface area (Å²) < 4.78 is 15.8. The minimum absolute atomic E-state index is 0.323. The molecule has 0 saturated heterocycles. The predicted molar refractivity (Wildman–Crippen MR) is 78.3 cm³/mol. The molecule has 1 heterocycles. The molecule has 0 aliphatic heterocycles. The van der Waals surface area contributed by atoms with Gasteiger partial charge in [0.2, 0.25) is 0 Å². The van der Waals surface area contributed by atoms with E-state index in [-0.39, 0.29) is 4.75 Å². The highest BCUT2D eigenvalue weighted by molar-refractivity contribution is 7.85. The van der Waals surface area contributed by atoms with Gasteiger partial charge in [0.25, 0.3) is 0 Å². The minimum Gasteiger partial charge on any atom is -0.261 e. The highest BCUT2D eigenvalue weighted by Gasteiger charge is 2.19. The number of pyridine rings is 1. The van der Waals surface area contributed by atoms with Crippen molar-refractivity contribution in [2.24, 2.45) is 4.40 Å². The molecule has 0 bridgehead atoms. The zero-order chi connectivity index (χ0) is 13.8. The van der Waals surface area contributed by atoms with E-state index in [1.54, 1.807) is 0 Å². The molecule has 100 valence electrons. The molecule has 0 aliphatic rings. The molecule has 1 aromatic heterocycles. The maximum Gasteiger partial charge on any atom is 0.145 e. The van der Waals surface area contributed by atoms with Crippen molar-refractivity contribution in [2.45, 2.75) is 52.2 Å². The van der Waals surface area contributed by atoms with Crippen molar-refractivity contribution in [1.82, 2.24) is 4.98 Å². The van der Waals surface area contributed by atoms with Crippen molar-refractivity contribution >= 4 is 16.7 Å². The lowest BCUT2D eigenvalue weighted by Crippen LogP contribution is -2.20. The van der Waals surface area contributed by atoms with Gasteiger partial charge in [-0.05, 0) is 46.2 Å². The first kappa shape index (κ1) is 15.0. The van der Waals surface area contributed by atoms with Crippen LogP contribution in [0.1, 0.15) is 52.3 Å². The van der Waals surface area contributed by atoms with Gasteiger partial charge < -0.3 is 0 Å². The van der Waals surface area contributed by atoms with Crippen LogP contribution in [0.3, 0.4) is 0 Å². The summed E-state index contributed by atoms with van der Waals surface area (Å²) >= 11 is 0. The van der Waals surface area contributed by atoms with Crippen LogP contribution in [-0.2, 0) is 17.4 Å². The number of hydrogen-bond acceptors (Lipinski definition) is 2. The number of rotatable bonds is 4. The van der Waals surface area contributed by atoms with Gasteiger partial charge in [0, 0.05) is 17.5 Å². The molecular formula is C14H22N2OS. The molecule has 18 heavy (non-hydrogen) atoms. The average molecular weight is 266 g/mol. The number of nitrogens with zero attached hydrogens (tertiary/aromatic N) is 2. The molecule has 1 rings (SSSR count). The van der Waals surface area contributed by atoms with Crippen molar-refractivity contribution in [1.29, 1.82) is 0 Å². The van der Waals surface area contributed by atoms with Crippen LogP contribution in [0.15, 0.2) is 22.7 Å². The van der Waals surface area contributed by atoms with Crippen molar-refractivity contribution in [3.05, 3.63) is 29.6 Å². The van der Waals surface area contributed by atoms with Crippen molar-refractivity contribution in [2.75, 3.05) is 0 Å². The molecule has 0 aliphatic carbocycles. The van der Waals surface area contributed by atoms with E-state index >= 15 is 0 Å². The number of hydrogen-bond donors (Lipinski definition) is 0. The van der Waals surface area contributed by atoms with Crippen LogP contribution in [0.5, 0.6) is 0 Å². The van der Waals surface area contributed by atoms with E-state index in [4.69, 9.17) is 0 Å². The van der Waals surface area contributed by atoms with E-state index in [9.17, 15) is 4.21 Å². The summed E-state index contributed by atoms with van der Waals surface area (Å²) in [7, 11) is -1.22. The largest absolute Gasteiger partial charge is 0.261 e. The lowest BCUT2D eigenvalue weighted by molar-refractivity contribution is 0.650. The molecule has 0 fully saturated rings. The van der Waals surface area contributed by atoms with Crippen LogP contribution >= 0.6 is 0 Å². The van der Waals surface area contributed by atoms with Gasteiger partial charge in [0.15, 0.2) is 0 Å². The molecule has 1 unspecified atom stereocenters. The fraction of sp³-hybridized carbons (Fsp3) is 0.571. The highest BCUT2D eigenvalue weighted by Crippen LogP contribution is 2.14. The van der Waals surface area contributed by atoms with Crippen LogP contribution in [0.2, 0.25) is 0 Å². The fourth-order valence-corrected chi connectivity index (χ4v) is 1.98. The molecule has 0 spiro atoms. The summed E-state index contributed by atoms with van der Waals surface area (Å²) in [5.74, 6) is 0. The predicted octanol–water partition coefficient (Wildman–Crippen LogP) is 3.31. The Kier molecular flexibility index (Phi) is 5.20. The monoisotopic (exact) mass is 266 g/mol. The lowest BCUT2D eigenvalue weighted by Gasteiger charge is -2.14. The van der Waals surface area contributed by atoms with E-state index in [1.165, 1.54) is 0 Å². The first-order chi connectivity index (χ1) is 8.34. The fourth-order valence-electron chi connectivity index (χ4n) is 1.36. The van der Waals surface area contributed by atoms with Gasteiger partial charge in [-0.1, -0.05) is 13.3 Å². The van der Waals surface area contributed by atoms with Crippen molar-refractivity contribution < 1.29 is 4.21 Å². The Morgan fingerprint density at radius 2 is 2.06 bits per heavy atom. The molecule has 4 heteroatoms. The third-order valence-corrected chi connectivity index (χ3v) is 3.98. The van der Waals surface area contributed by atoms with Gasteiger partial charge in [-0.3, -0.25) is 4.98 Å². The van der Waals surface area contributed by atoms with E-state index < -0.39 is 11.0 Å². The van der Waals surface area contributed by atoms with Crippen LogP contribution < -0.4 is 0 Å². The second-order valence-electron chi connectivity index (χ2n) is 5.33. The third-order valence-electron chi connectivity index (χ3n) is 2.49. The van der Waals surface area contributed by atoms with E-state index in [0.29, 0.717) is 0 Å². The van der Waals surface area contributed by atoms with Crippen molar-refractivity contribution in [3.63, 3.8) is 0 Å². The van der Waals surface area contributed by atoms with Gasteiger partial charge in [-0.15, -0.1) is 0 Å². The van der Waals surface area contributed by atoms with Crippen LogP contribution in [0.25, 0.3) is 0 Å². The van der Waals surface area contributed by atoms with Gasteiger partial charge in [0.1, 0.15) is 11.0 Å². The topological polar surface area (TPSA) is 42.3 Å². The minimum atomic E-state index is -1.22. The first-order valence-electron chi connectivity index (χ1n) is 6.27. The Morgan fingerprint density at radius 3 is 2.50 bits per heavy atom. The molecule has 1 aromatic rings. The maximum absolute atomic E-state index is 11.9. The second-order valence-corrected chi connectivity index (χ2v) is 7.23. The van der Waals surface area contributed by atoms with E-state index in [2.05, 4.69) is 16.3 Å². The average Bonchev–Trinajstić information content (AvgIpc) is 2.29. The molecular weight excluding hydrogens is 244 g/mol. The van der Waals surface area contributed by atoms with Crippen molar-refractivity contribution in [3.8, 4) is 0 Å². The van der Waals surface area contributed by atoms with Gasteiger partial charge in [0.05, 0.1) is 10.5 Å². The second kappa shape index (κ2) is 6.23. The summed E-state index contributed by atoms with van der Waals surface area (Å²) in [5.41, 5.74) is 2.80.